The normalized spacial score (nSPS) is 15.2. The first kappa shape index (κ1) is 11.3. The standard InChI is InChI=1S/C13H14O2S/c1-16-12-8-3-2-6-10(12)13(14)11-7-4-5-9-15-11/h2-3,6-8H,4-5,9H2,1H3. The van der Waals surface area contributed by atoms with Crippen LogP contribution < -0.4 is 0 Å². The van der Waals surface area contributed by atoms with Gasteiger partial charge in [0.1, 0.15) is 0 Å². The Morgan fingerprint density at radius 3 is 2.88 bits per heavy atom. The van der Waals surface area contributed by atoms with Crippen LogP contribution in [0.4, 0.5) is 0 Å². The molecular weight excluding hydrogens is 220 g/mol. The lowest BCUT2D eigenvalue weighted by Crippen LogP contribution is -2.12. The van der Waals surface area contributed by atoms with Crippen LogP contribution in [0.2, 0.25) is 0 Å². The minimum absolute atomic E-state index is 0.00431. The van der Waals surface area contributed by atoms with Crippen LogP contribution in [0.25, 0.3) is 0 Å². The molecule has 0 radical (unpaired) electrons. The molecule has 0 fully saturated rings. The van der Waals surface area contributed by atoms with Crippen molar-refractivity contribution in [2.75, 3.05) is 12.9 Å². The van der Waals surface area contributed by atoms with Crippen molar-refractivity contribution in [3.63, 3.8) is 0 Å². The maximum atomic E-state index is 12.2. The van der Waals surface area contributed by atoms with Gasteiger partial charge in [0.2, 0.25) is 5.78 Å². The van der Waals surface area contributed by atoms with Crippen LogP contribution >= 0.6 is 11.8 Å². The molecule has 0 spiro atoms. The van der Waals surface area contributed by atoms with Gasteiger partial charge in [0.25, 0.3) is 0 Å². The van der Waals surface area contributed by atoms with Crippen LogP contribution in [0.15, 0.2) is 41.0 Å². The lowest BCUT2D eigenvalue weighted by atomic mass is 10.1. The summed E-state index contributed by atoms with van der Waals surface area (Å²) < 4.78 is 5.40. The number of thioether (sulfide) groups is 1. The fourth-order valence-corrected chi connectivity index (χ4v) is 2.28. The molecule has 3 heteroatoms. The highest BCUT2D eigenvalue weighted by atomic mass is 32.2. The van der Waals surface area contributed by atoms with E-state index in [1.54, 1.807) is 11.8 Å². The third-order valence-corrected chi connectivity index (χ3v) is 3.31. The monoisotopic (exact) mass is 234 g/mol. The Kier molecular flexibility index (Phi) is 3.67. The molecular formula is C13H14O2S. The Labute approximate surface area is 99.7 Å². The molecule has 1 aliphatic rings. The zero-order chi connectivity index (χ0) is 11.4. The molecule has 0 N–H and O–H groups in total. The molecule has 0 unspecified atom stereocenters. The van der Waals surface area contributed by atoms with Gasteiger partial charge in [-0.15, -0.1) is 11.8 Å². The minimum Gasteiger partial charge on any atom is -0.490 e. The predicted octanol–water partition coefficient (Wildman–Crippen LogP) is 3.29. The van der Waals surface area contributed by atoms with Crippen molar-refractivity contribution in [3.05, 3.63) is 41.7 Å². The molecule has 1 aromatic carbocycles. The Balaban J connectivity index is 2.29. The van der Waals surface area contributed by atoms with E-state index in [0.717, 1.165) is 23.3 Å². The van der Waals surface area contributed by atoms with E-state index in [1.807, 2.05) is 36.6 Å². The average Bonchev–Trinajstić information content (AvgIpc) is 2.39. The Morgan fingerprint density at radius 2 is 2.19 bits per heavy atom. The highest BCUT2D eigenvalue weighted by Gasteiger charge is 2.18. The number of Topliss-reactive ketones (excluding diaryl/α,β-unsaturated/α-hetero) is 1. The molecule has 1 aromatic rings. The first-order chi connectivity index (χ1) is 7.83. The first-order valence-corrected chi connectivity index (χ1v) is 6.56. The lowest BCUT2D eigenvalue weighted by Gasteiger charge is -2.14. The van der Waals surface area contributed by atoms with E-state index in [-0.39, 0.29) is 5.78 Å². The van der Waals surface area contributed by atoms with Gasteiger partial charge in [-0.1, -0.05) is 12.1 Å². The fourth-order valence-electron chi connectivity index (χ4n) is 1.68. The van der Waals surface area contributed by atoms with Gasteiger partial charge >= 0.3 is 0 Å². The summed E-state index contributed by atoms with van der Waals surface area (Å²) in [4.78, 5) is 13.2. The van der Waals surface area contributed by atoms with Gasteiger partial charge in [-0.2, -0.15) is 0 Å². The summed E-state index contributed by atoms with van der Waals surface area (Å²) in [7, 11) is 0. The zero-order valence-electron chi connectivity index (χ0n) is 9.23. The second-order valence-corrected chi connectivity index (χ2v) is 4.44. The van der Waals surface area contributed by atoms with Gasteiger partial charge in [-0.3, -0.25) is 4.79 Å². The van der Waals surface area contributed by atoms with Gasteiger partial charge in [-0.05, 0) is 37.3 Å². The van der Waals surface area contributed by atoms with E-state index in [9.17, 15) is 4.79 Å². The average molecular weight is 234 g/mol. The van der Waals surface area contributed by atoms with Gasteiger partial charge in [0, 0.05) is 10.5 Å². The summed E-state index contributed by atoms with van der Waals surface area (Å²) in [6.45, 7) is 0.652. The molecule has 0 aliphatic carbocycles. The Morgan fingerprint density at radius 1 is 1.38 bits per heavy atom. The molecule has 1 heterocycles. The van der Waals surface area contributed by atoms with Crippen LogP contribution in [0, 0.1) is 0 Å². The number of benzene rings is 1. The number of allylic oxidation sites excluding steroid dienone is 2. The second-order valence-electron chi connectivity index (χ2n) is 3.59. The smallest absolute Gasteiger partial charge is 0.228 e. The first-order valence-electron chi connectivity index (χ1n) is 5.33. The summed E-state index contributed by atoms with van der Waals surface area (Å²) >= 11 is 1.58. The number of hydrogen-bond donors (Lipinski definition) is 0. The molecule has 16 heavy (non-hydrogen) atoms. The molecule has 84 valence electrons. The number of hydrogen-bond acceptors (Lipinski definition) is 3. The molecule has 2 nitrogen and oxygen atoms in total. The van der Waals surface area contributed by atoms with Gasteiger partial charge in [-0.25, -0.2) is 0 Å². The highest BCUT2D eigenvalue weighted by Crippen LogP contribution is 2.24. The molecule has 0 amide bonds. The molecule has 0 aromatic heterocycles. The molecule has 0 bridgehead atoms. The number of ether oxygens (including phenoxy) is 1. The van der Waals surface area contributed by atoms with Crippen LogP contribution in [0.1, 0.15) is 23.2 Å². The Bertz CT molecular complexity index is 424. The SMILES string of the molecule is CSc1ccccc1C(=O)C1=CCCCO1. The molecule has 0 atom stereocenters. The van der Waals surface area contributed by atoms with Crippen molar-refractivity contribution in [3.8, 4) is 0 Å². The summed E-state index contributed by atoms with van der Waals surface area (Å²) in [5.74, 6) is 0.511. The van der Waals surface area contributed by atoms with Crippen molar-refractivity contribution in [2.24, 2.45) is 0 Å². The van der Waals surface area contributed by atoms with Crippen molar-refractivity contribution < 1.29 is 9.53 Å². The summed E-state index contributed by atoms with van der Waals surface area (Å²) in [6, 6.07) is 7.64. The quantitative estimate of drug-likeness (QED) is 0.593. The topological polar surface area (TPSA) is 26.3 Å². The van der Waals surface area contributed by atoms with Crippen molar-refractivity contribution in [2.45, 2.75) is 17.7 Å². The van der Waals surface area contributed by atoms with E-state index >= 15 is 0 Å². The van der Waals surface area contributed by atoms with Crippen LogP contribution in [0.3, 0.4) is 0 Å². The summed E-state index contributed by atoms with van der Waals surface area (Å²) in [6.07, 6.45) is 5.80. The fraction of sp³-hybridized carbons (Fsp3) is 0.308. The third kappa shape index (κ3) is 2.30. The van der Waals surface area contributed by atoms with E-state index < -0.39 is 0 Å². The number of rotatable bonds is 3. The van der Waals surface area contributed by atoms with E-state index in [0.29, 0.717) is 12.4 Å². The van der Waals surface area contributed by atoms with Crippen molar-refractivity contribution in [1.29, 1.82) is 0 Å². The van der Waals surface area contributed by atoms with E-state index in [1.165, 1.54) is 0 Å². The molecule has 0 saturated heterocycles. The number of carbonyl (C=O) groups is 1. The second kappa shape index (κ2) is 5.21. The van der Waals surface area contributed by atoms with E-state index in [2.05, 4.69) is 0 Å². The zero-order valence-corrected chi connectivity index (χ0v) is 10.0. The minimum atomic E-state index is 0.00431. The predicted molar refractivity (Wildman–Crippen MR) is 65.8 cm³/mol. The third-order valence-electron chi connectivity index (χ3n) is 2.51. The van der Waals surface area contributed by atoms with Crippen LogP contribution in [0.5, 0.6) is 0 Å². The maximum Gasteiger partial charge on any atom is 0.228 e. The van der Waals surface area contributed by atoms with Crippen LogP contribution in [-0.2, 0) is 4.74 Å². The maximum absolute atomic E-state index is 12.2. The molecule has 2 rings (SSSR count). The van der Waals surface area contributed by atoms with E-state index in [4.69, 9.17) is 4.74 Å². The van der Waals surface area contributed by atoms with Gasteiger partial charge < -0.3 is 4.74 Å². The van der Waals surface area contributed by atoms with Crippen LogP contribution in [-0.4, -0.2) is 18.6 Å². The largest absolute Gasteiger partial charge is 0.490 e. The summed E-state index contributed by atoms with van der Waals surface area (Å²) in [5, 5.41) is 0. The molecule has 1 aliphatic heterocycles. The van der Waals surface area contributed by atoms with Crippen molar-refractivity contribution >= 4 is 17.5 Å². The summed E-state index contributed by atoms with van der Waals surface area (Å²) in [5.41, 5.74) is 0.739. The lowest BCUT2D eigenvalue weighted by molar-refractivity contribution is 0.0896. The van der Waals surface area contributed by atoms with Gasteiger partial charge in [0.05, 0.1) is 6.61 Å². The molecule has 0 saturated carbocycles. The number of ketones is 1. The highest BCUT2D eigenvalue weighted by molar-refractivity contribution is 7.98. The number of carbonyl (C=O) groups excluding carboxylic acids is 1. The van der Waals surface area contributed by atoms with Gasteiger partial charge in [0.15, 0.2) is 5.76 Å². The Hall–Kier alpha value is -1.22. The van der Waals surface area contributed by atoms with Crippen molar-refractivity contribution in [1.82, 2.24) is 0 Å².